The summed E-state index contributed by atoms with van der Waals surface area (Å²) < 4.78 is 8.20. The van der Waals surface area contributed by atoms with Crippen LogP contribution in [-0.2, 0) is 13.1 Å². The smallest absolute Gasteiger partial charge is 0.333 e. The quantitative estimate of drug-likeness (QED) is 0.638. The van der Waals surface area contributed by atoms with Gasteiger partial charge >= 0.3 is 11.1 Å². The van der Waals surface area contributed by atoms with E-state index in [4.69, 9.17) is 4.74 Å². The number of benzene rings is 2. The molecule has 0 saturated carbocycles. The molecule has 0 atom stereocenters. The molecule has 144 valence electrons. The molecule has 7 nitrogen and oxygen atoms in total. The van der Waals surface area contributed by atoms with Crippen molar-refractivity contribution < 1.29 is 4.74 Å². The highest BCUT2D eigenvalue weighted by Crippen LogP contribution is 2.28. The predicted molar refractivity (Wildman–Crippen MR) is 108 cm³/mol. The van der Waals surface area contributed by atoms with Gasteiger partial charge in [0, 0.05) is 18.8 Å². The zero-order valence-electron chi connectivity index (χ0n) is 16.0. The molecule has 0 unspecified atom stereocenters. The maximum atomic E-state index is 12.6. The molecule has 1 aliphatic heterocycles. The van der Waals surface area contributed by atoms with Crippen LogP contribution in [0.15, 0.2) is 58.1 Å². The van der Waals surface area contributed by atoms with Crippen LogP contribution < -0.4 is 20.8 Å². The van der Waals surface area contributed by atoms with Crippen molar-refractivity contribution in [3.8, 4) is 5.75 Å². The van der Waals surface area contributed by atoms with E-state index in [1.165, 1.54) is 9.25 Å². The van der Waals surface area contributed by atoms with Crippen molar-refractivity contribution in [1.82, 2.24) is 14.3 Å². The van der Waals surface area contributed by atoms with Gasteiger partial charge in [0.25, 0.3) is 0 Å². The highest BCUT2D eigenvalue weighted by Gasteiger charge is 2.26. The van der Waals surface area contributed by atoms with Gasteiger partial charge in [0.05, 0.1) is 13.2 Å². The van der Waals surface area contributed by atoms with Gasteiger partial charge in [-0.05, 0) is 43.7 Å². The van der Waals surface area contributed by atoms with Gasteiger partial charge in [0.2, 0.25) is 5.95 Å². The zero-order chi connectivity index (χ0) is 19.7. The number of nitrogens with zero attached hydrogens (tertiary/aromatic N) is 4. The molecule has 1 aliphatic rings. The SMILES string of the molecule is CCOc1ccc(N2CCn3c2nn(Cc2cccc(C)c2)c(=O)c3=O)cc1. The molecule has 4 rings (SSSR count). The number of aryl methyl sites for hydroxylation is 1. The van der Waals surface area contributed by atoms with Crippen LogP contribution in [-0.4, -0.2) is 27.5 Å². The third-order valence-corrected chi connectivity index (χ3v) is 4.78. The summed E-state index contributed by atoms with van der Waals surface area (Å²) in [4.78, 5) is 27.1. The van der Waals surface area contributed by atoms with E-state index in [1.807, 2.05) is 67.3 Å². The molecule has 0 N–H and O–H groups in total. The molecule has 0 amide bonds. The number of hydrogen-bond donors (Lipinski definition) is 0. The fourth-order valence-corrected chi connectivity index (χ4v) is 3.45. The normalized spacial score (nSPS) is 12.9. The van der Waals surface area contributed by atoms with E-state index in [9.17, 15) is 9.59 Å². The topological polar surface area (TPSA) is 69.4 Å². The fraction of sp³-hybridized carbons (Fsp3) is 0.286. The molecule has 0 saturated heterocycles. The summed E-state index contributed by atoms with van der Waals surface area (Å²) in [5.74, 6) is 1.28. The molecule has 0 bridgehead atoms. The lowest BCUT2D eigenvalue weighted by molar-refractivity contribution is 0.340. The van der Waals surface area contributed by atoms with Crippen LogP contribution in [0.1, 0.15) is 18.1 Å². The highest BCUT2D eigenvalue weighted by atomic mass is 16.5. The first-order valence-electron chi connectivity index (χ1n) is 9.34. The minimum absolute atomic E-state index is 0.265. The van der Waals surface area contributed by atoms with Crippen LogP contribution in [0.2, 0.25) is 0 Å². The minimum atomic E-state index is -0.598. The molecule has 7 heteroatoms. The average molecular weight is 378 g/mol. The van der Waals surface area contributed by atoms with Gasteiger partial charge in [0.1, 0.15) is 5.75 Å². The minimum Gasteiger partial charge on any atom is -0.494 e. The number of aromatic nitrogens is 3. The maximum absolute atomic E-state index is 12.6. The molecule has 0 fully saturated rings. The third kappa shape index (κ3) is 3.31. The van der Waals surface area contributed by atoms with Crippen LogP contribution >= 0.6 is 0 Å². The van der Waals surface area contributed by atoms with Crippen molar-refractivity contribution in [2.75, 3.05) is 18.1 Å². The number of anilines is 2. The first-order chi connectivity index (χ1) is 13.6. The van der Waals surface area contributed by atoms with E-state index in [0.29, 0.717) is 25.6 Å². The predicted octanol–water partition coefficient (Wildman–Crippen LogP) is 2.31. The van der Waals surface area contributed by atoms with E-state index in [0.717, 1.165) is 22.6 Å². The molecule has 28 heavy (non-hydrogen) atoms. The Morgan fingerprint density at radius 2 is 1.82 bits per heavy atom. The van der Waals surface area contributed by atoms with Crippen LogP contribution in [0.3, 0.4) is 0 Å². The Hall–Kier alpha value is -3.35. The van der Waals surface area contributed by atoms with Crippen LogP contribution in [0.25, 0.3) is 0 Å². The lowest BCUT2D eigenvalue weighted by atomic mass is 10.1. The first kappa shape index (κ1) is 18.0. The Morgan fingerprint density at radius 3 is 2.54 bits per heavy atom. The van der Waals surface area contributed by atoms with Crippen molar-refractivity contribution in [3.63, 3.8) is 0 Å². The summed E-state index contributed by atoms with van der Waals surface area (Å²) >= 11 is 0. The molecule has 0 radical (unpaired) electrons. The lowest BCUT2D eigenvalue weighted by Crippen LogP contribution is -2.42. The van der Waals surface area contributed by atoms with E-state index in [2.05, 4.69) is 5.10 Å². The van der Waals surface area contributed by atoms with Gasteiger partial charge in [-0.3, -0.25) is 14.2 Å². The number of rotatable bonds is 5. The third-order valence-electron chi connectivity index (χ3n) is 4.78. The average Bonchev–Trinajstić information content (AvgIpc) is 3.11. The second-order valence-corrected chi connectivity index (χ2v) is 6.79. The Morgan fingerprint density at radius 1 is 1.04 bits per heavy atom. The molecule has 1 aromatic heterocycles. The Labute approximate surface area is 162 Å². The van der Waals surface area contributed by atoms with E-state index >= 15 is 0 Å². The van der Waals surface area contributed by atoms with E-state index < -0.39 is 11.1 Å². The summed E-state index contributed by atoms with van der Waals surface area (Å²) in [6.45, 7) is 5.83. The van der Waals surface area contributed by atoms with Crippen LogP contribution in [0, 0.1) is 6.92 Å². The monoisotopic (exact) mass is 378 g/mol. The summed E-state index contributed by atoms with van der Waals surface area (Å²) in [5.41, 5.74) is 1.80. The number of hydrogen-bond acceptors (Lipinski definition) is 5. The molecule has 0 aliphatic carbocycles. The highest BCUT2D eigenvalue weighted by molar-refractivity contribution is 5.59. The lowest BCUT2D eigenvalue weighted by Gasteiger charge is -2.18. The molecule has 2 aromatic carbocycles. The summed E-state index contributed by atoms with van der Waals surface area (Å²) in [5, 5.41) is 4.52. The van der Waals surface area contributed by atoms with Gasteiger partial charge in [0.15, 0.2) is 0 Å². The second-order valence-electron chi connectivity index (χ2n) is 6.79. The van der Waals surface area contributed by atoms with Gasteiger partial charge in [-0.15, -0.1) is 5.10 Å². The fourth-order valence-electron chi connectivity index (χ4n) is 3.45. The number of fused-ring (bicyclic) bond motifs is 1. The molecule has 0 spiro atoms. The molecular formula is C21H22N4O3. The Kier molecular flexibility index (Phi) is 4.73. The van der Waals surface area contributed by atoms with Crippen molar-refractivity contribution in [2.24, 2.45) is 0 Å². The zero-order valence-corrected chi connectivity index (χ0v) is 16.0. The molecular weight excluding hydrogens is 356 g/mol. The van der Waals surface area contributed by atoms with Gasteiger partial charge in [-0.25, -0.2) is 4.68 Å². The van der Waals surface area contributed by atoms with Crippen molar-refractivity contribution in [2.45, 2.75) is 26.9 Å². The van der Waals surface area contributed by atoms with Crippen LogP contribution in [0.4, 0.5) is 11.6 Å². The van der Waals surface area contributed by atoms with Crippen LogP contribution in [0.5, 0.6) is 5.75 Å². The van der Waals surface area contributed by atoms with Gasteiger partial charge < -0.3 is 9.64 Å². The second kappa shape index (κ2) is 7.34. The van der Waals surface area contributed by atoms with Crippen molar-refractivity contribution in [1.29, 1.82) is 0 Å². The standard InChI is InChI=1S/C21H22N4O3/c1-3-28-18-9-7-17(8-10-18)23-11-12-24-19(26)20(27)25(22-21(23)24)14-16-6-4-5-15(2)13-16/h4-10,13H,3,11-12,14H2,1-2H3. The van der Waals surface area contributed by atoms with Crippen molar-refractivity contribution in [3.05, 3.63) is 80.4 Å². The first-order valence-corrected chi connectivity index (χ1v) is 9.34. The van der Waals surface area contributed by atoms with E-state index in [1.54, 1.807) is 0 Å². The Balaban J connectivity index is 1.71. The van der Waals surface area contributed by atoms with Gasteiger partial charge in [-0.1, -0.05) is 29.8 Å². The number of ether oxygens (including phenoxy) is 1. The van der Waals surface area contributed by atoms with E-state index in [-0.39, 0.29) is 6.54 Å². The molecule has 2 heterocycles. The Bertz CT molecular complexity index is 1120. The summed E-state index contributed by atoms with van der Waals surface area (Å²) in [6.07, 6.45) is 0. The largest absolute Gasteiger partial charge is 0.494 e. The maximum Gasteiger partial charge on any atom is 0.333 e. The van der Waals surface area contributed by atoms with Gasteiger partial charge in [-0.2, -0.15) is 0 Å². The van der Waals surface area contributed by atoms with Crippen molar-refractivity contribution >= 4 is 11.6 Å². The summed E-state index contributed by atoms with van der Waals surface area (Å²) in [6, 6.07) is 15.5. The summed E-state index contributed by atoms with van der Waals surface area (Å²) in [7, 11) is 0. The molecule has 3 aromatic rings.